The number of nitrogens with zero attached hydrogens (tertiary/aromatic N) is 2. The van der Waals surface area contributed by atoms with Gasteiger partial charge in [-0.3, -0.25) is 4.68 Å². The van der Waals surface area contributed by atoms with Gasteiger partial charge in [-0.1, -0.05) is 25.5 Å². The van der Waals surface area contributed by atoms with Gasteiger partial charge in [0.1, 0.15) is 11.5 Å². The predicted molar refractivity (Wildman–Crippen MR) is 96.0 cm³/mol. The molecule has 2 aromatic rings. The van der Waals surface area contributed by atoms with Crippen LogP contribution in [0.1, 0.15) is 45.1 Å². The highest BCUT2D eigenvalue weighted by molar-refractivity contribution is 5.68. The lowest BCUT2D eigenvalue weighted by atomic mass is 9.71. The van der Waals surface area contributed by atoms with Crippen LogP contribution in [0.25, 0.3) is 11.1 Å². The topological polar surface area (TPSA) is 58.3 Å². The molecule has 0 unspecified atom stereocenters. The number of aryl methyl sites for hydroxylation is 1. The average Bonchev–Trinajstić information content (AvgIpc) is 2.93. The number of aromatic hydroxyl groups is 2. The Morgan fingerprint density at radius 2 is 1.83 bits per heavy atom. The third-order valence-electron chi connectivity index (χ3n) is 5.16. The van der Waals surface area contributed by atoms with Gasteiger partial charge >= 0.3 is 0 Å². The first kappa shape index (κ1) is 16.6. The van der Waals surface area contributed by atoms with Crippen LogP contribution in [0, 0.1) is 11.8 Å². The number of phenols is 2. The Morgan fingerprint density at radius 3 is 2.38 bits per heavy atom. The van der Waals surface area contributed by atoms with E-state index in [1.807, 2.05) is 13.2 Å². The van der Waals surface area contributed by atoms with Crippen molar-refractivity contribution in [2.75, 3.05) is 0 Å². The first-order chi connectivity index (χ1) is 11.4. The highest BCUT2D eigenvalue weighted by Crippen LogP contribution is 2.47. The summed E-state index contributed by atoms with van der Waals surface area (Å²) in [5, 5.41) is 25.5. The smallest absolute Gasteiger partial charge is 0.123 e. The fourth-order valence-corrected chi connectivity index (χ4v) is 3.83. The molecule has 1 aromatic heterocycles. The number of hydrogen-bond acceptors (Lipinski definition) is 3. The lowest BCUT2D eigenvalue weighted by Crippen LogP contribution is -2.21. The molecule has 0 amide bonds. The minimum Gasteiger partial charge on any atom is -0.507 e. The van der Waals surface area contributed by atoms with Crippen LogP contribution in [-0.2, 0) is 7.05 Å². The number of allylic oxidation sites excluding steroid dienone is 2. The van der Waals surface area contributed by atoms with E-state index < -0.39 is 0 Å². The molecule has 0 saturated heterocycles. The molecule has 0 fully saturated rings. The molecule has 2 N–H and O–H groups in total. The van der Waals surface area contributed by atoms with Crippen molar-refractivity contribution in [1.82, 2.24) is 9.78 Å². The summed E-state index contributed by atoms with van der Waals surface area (Å²) in [6.45, 7) is 6.55. The summed E-state index contributed by atoms with van der Waals surface area (Å²) in [7, 11) is 1.85. The van der Waals surface area contributed by atoms with E-state index in [0.717, 1.165) is 24.0 Å². The lowest BCUT2D eigenvalue weighted by Gasteiger charge is -2.33. The molecule has 4 nitrogen and oxygen atoms in total. The largest absolute Gasteiger partial charge is 0.507 e. The zero-order valence-corrected chi connectivity index (χ0v) is 14.8. The maximum absolute atomic E-state index is 10.7. The molecule has 1 aromatic carbocycles. The molecule has 1 aliphatic rings. The van der Waals surface area contributed by atoms with Gasteiger partial charge in [-0.15, -0.1) is 0 Å². The Kier molecular flexibility index (Phi) is 4.39. The second kappa shape index (κ2) is 6.34. The van der Waals surface area contributed by atoms with Crippen LogP contribution in [0.2, 0.25) is 0 Å². The zero-order valence-electron chi connectivity index (χ0n) is 14.8. The molecular weight excluding hydrogens is 300 g/mol. The van der Waals surface area contributed by atoms with E-state index in [1.54, 1.807) is 23.0 Å². The zero-order chi connectivity index (χ0) is 17.4. The van der Waals surface area contributed by atoms with Gasteiger partial charge in [0.2, 0.25) is 0 Å². The van der Waals surface area contributed by atoms with Crippen molar-refractivity contribution in [2.45, 2.75) is 39.5 Å². The van der Waals surface area contributed by atoms with E-state index >= 15 is 0 Å². The molecule has 0 radical (unpaired) electrons. The molecular formula is C20H26N2O2. The normalized spacial score (nSPS) is 21.1. The van der Waals surface area contributed by atoms with E-state index in [1.165, 1.54) is 5.57 Å². The Morgan fingerprint density at radius 1 is 1.17 bits per heavy atom. The number of phenolic OH excluding ortho intramolecular Hbond substituents is 2. The summed E-state index contributed by atoms with van der Waals surface area (Å²) < 4.78 is 1.71. The highest BCUT2D eigenvalue weighted by atomic mass is 16.3. The van der Waals surface area contributed by atoms with E-state index in [0.29, 0.717) is 17.4 Å². The first-order valence-corrected chi connectivity index (χ1v) is 8.59. The summed E-state index contributed by atoms with van der Waals surface area (Å²) in [6, 6.07) is 3.47. The molecule has 1 aliphatic carbocycles. The van der Waals surface area contributed by atoms with Crippen LogP contribution in [0.5, 0.6) is 11.5 Å². The summed E-state index contributed by atoms with van der Waals surface area (Å²) in [6.07, 6.45) is 8.00. The molecule has 0 saturated carbocycles. The predicted octanol–water partition coefficient (Wildman–Crippen LogP) is 4.59. The molecule has 1 heterocycles. The molecule has 0 spiro atoms. The van der Waals surface area contributed by atoms with E-state index in [2.05, 4.69) is 31.9 Å². The van der Waals surface area contributed by atoms with Gasteiger partial charge in [0.05, 0.1) is 6.20 Å². The second-order valence-electron chi connectivity index (χ2n) is 7.32. The van der Waals surface area contributed by atoms with Crippen molar-refractivity contribution >= 4 is 0 Å². The SMILES string of the molecule is CC1=C[C@@H](c2c(O)cc(-c3cnn(C)c3)cc2O)[C@H](C(C)C)CC1. The van der Waals surface area contributed by atoms with Gasteiger partial charge in [-0.2, -0.15) is 5.10 Å². The standard InChI is InChI=1S/C20H26N2O2/c1-12(2)16-6-5-13(3)7-17(16)20-18(23)8-14(9-19(20)24)15-10-21-22(4)11-15/h7-12,16-17,23-24H,5-6H2,1-4H3/t16-,17+/m0/s1. The van der Waals surface area contributed by atoms with Gasteiger partial charge in [-0.25, -0.2) is 0 Å². The maximum Gasteiger partial charge on any atom is 0.123 e. The summed E-state index contributed by atoms with van der Waals surface area (Å²) in [4.78, 5) is 0. The van der Waals surface area contributed by atoms with Gasteiger partial charge in [0, 0.05) is 30.3 Å². The quantitative estimate of drug-likeness (QED) is 0.811. The molecule has 128 valence electrons. The summed E-state index contributed by atoms with van der Waals surface area (Å²) >= 11 is 0. The maximum atomic E-state index is 10.7. The van der Waals surface area contributed by atoms with Crippen molar-refractivity contribution in [1.29, 1.82) is 0 Å². The molecule has 0 aliphatic heterocycles. The highest BCUT2D eigenvalue weighted by Gasteiger charge is 2.31. The van der Waals surface area contributed by atoms with Crippen LogP contribution < -0.4 is 0 Å². The third-order valence-corrected chi connectivity index (χ3v) is 5.16. The number of hydrogen-bond donors (Lipinski definition) is 2. The van der Waals surface area contributed by atoms with Gasteiger partial charge in [0.15, 0.2) is 0 Å². The van der Waals surface area contributed by atoms with Crippen molar-refractivity contribution in [3.8, 4) is 22.6 Å². The van der Waals surface area contributed by atoms with Gasteiger partial charge in [-0.05, 0) is 49.3 Å². The Labute approximate surface area is 143 Å². The summed E-state index contributed by atoms with van der Waals surface area (Å²) in [5.74, 6) is 1.30. The molecule has 4 heteroatoms. The second-order valence-corrected chi connectivity index (χ2v) is 7.32. The summed E-state index contributed by atoms with van der Waals surface area (Å²) in [5.41, 5.74) is 3.64. The van der Waals surface area contributed by atoms with Crippen molar-refractivity contribution in [3.05, 3.63) is 41.7 Å². The number of aromatic nitrogens is 2. The van der Waals surface area contributed by atoms with Crippen molar-refractivity contribution in [2.24, 2.45) is 18.9 Å². The van der Waals surface area contributed by atoms with Crippen LogP contribution in [-0.4, -0.2) is 20.0 Å². The van der Waals surface area contributed by atoms with Gasteiger partial charge < -0.3 is 10.2 Å². The Hall–Kier alpha value is -2.23. The molecule has 3 rings (SSSR count). The van der Waals surface area contributed by atoms with Crippen LogP contribution >= 0.6 is 0 Å². The Balaban J connectivity index is 2.06. The number of benzene rings is 1. The minimum atomic E-state index is 0.0571. The fraction of sp³-hybridized carbons (Fsp3) is 0.450. The third kappa shape index (κ3) is 3.05. The number of rotatable bonds is 3. The Bertz CT molecular complexity index is 751. The molecule has 2 atom stereocenters. The van der Waals surface area contributed by atoms with E-state index in [-0.39, 0.29) is 17.4 Å². The molecule has 24 heavy (non-hydrogen) atoms. The van der Waals surface area contributed by atoms with Crippen LogP contribution in [0.3, 0.4) is 0 Å². The minimum absolute atomic E-state index is 0.0571. The van der Waals surface area contributed by atoms with Crippen LogP contribution in [0.15, 0.2) is 36.2 Å². The monoisotopic (exact) mass is 326 g/mol. The lowest BCUT2D eigenvalue weighted by molar-refractivity contribution is 0.304. The average molecular weight is 326 g/mol. The molecule has 0 bridgehead atoms. The van der Waals surface area contributed by atoms with Crippen LogP contribution in [0.4, 0.5) is 0 Å². The van der Waals surface area contributed by atoms with E-state index in [9.17, 15) is 10.2 Å². The van der Waals surface area contributed by atoms with Crippen molar-refractivity contribution < 1.29 is 10.2 Å². The van der Waals surface area contributed by atoms with E-state index in [4.69, 9.17) is 0 Å². The van der Waals surface area contributed by atoms with Gasteiger partial charge in [0.25, 0.3) is 0 Å². The fourth-order valence-electron chi connectivity index (χ4n) is 3.83. The first-order valence-electron chi connectivity index (χ1n) is 8.59. The van der Waals surface area contributed by atoms with Crippen molar-refractivity contribution in [3.63, 3.8) is 0 Å².